The van der Waals surface area contributed by atoms with Crippen molar-refractivity contribution in [3.05, 3.63) is 63.6 Å². The van der Waals surface area contributed by atoms with Crippen molar-refractivity contribution in [2.45, 2.75) is 13.5 Å². The lowest BCUT2D eigenvalue weighted by atomic mass is 10.2. The minimum atomic E-state index is -0.141. The first-order chi connectivity index (χ1) is 12.6. The van der Waals surface area contributed by atoms with E-state index in [2.05, 4.69) is 10.3 Å². The van der Waals surface area contributed by atoms with E-state index in [0.717, 1.165) is 21.9 Å². The summed E-state index contributed by atoms with van der Waals surface area (Å²) in [6, 6.07) is 13.1. The number of aryl methyl sites for hydroxylation is 1. The van der Waals surface area contributed by atoms with Crippen LogP contribution >= 0.6 is 22.9 Å². The number of carbonyl (C=O) groups excluding carboxylic acids is 1. The third-order valence-corrected chi connectivity index (χ3v) is 5.44. The Morgan fingerprint density at radius 1 is 1.19 bits per heavy atom. The molecule has 1 aromatic heterocycles. The number of rotatable bonds is 4. The highest BCUT2D eigenvalue weighted by atomic mass is 35.5. The lowest BCUT2D eigenvalue weighted by molar-refractivity contribution is 0.0954. The number of nitrogens with one attached hydrogen (secondary N) is 1. The Morgan fingerprint density at radius 3 is 2.77 bits per heavy atom. The largest absolute Gasteiger partial charge is 0.454 e. The number of halogens is 1. The first-order valence-corrected chi connectivity index (χ1v) is 9.20. The summed E-state index contributed by atoms with van der Waals surface area (Å²) in [4.78, 5) is 17.7. The average molecular weight is 387 g/mol. The second-order valence-corrected chi connectivity index (χ2v) is 7.25. The molecule has 0 unspecified atom stereocenters. The van der Waals surface area contributed by atoms with Gasteiger partial charge >= 0.3 is 0 Å². The van der Waals surface area contributed by atoms with Gasteiger partial charge in [-0.3, -0.25) is 4.79 Å². The highest BCUT2D eigenvalue weighted by Crippen LogP contribution is 2.32. The van der Waals surface area contributed by atoms with Gasteiger partial charge in [-0.1, -0.05) is 29.8 Å². The molecule has 7 heteroatoms. The third kappa shape index (κ3) is 3.38. The normalized spacial score (nSPS) is 12.2. The van der Waals surface area contributed by atoms with Gasteiger partial charge in [-0.15, -0.1) is 11.3 Å². The third-order valence-electron chi connectivity index (χ3n) is 3.98. The summed E-state index contributed by atoms with van der Waals surface area (Å²) < 4.78 is 10.6. The average Bonchev–Trinajstić information content (AvgIpc) is 3.26. The van der Waals surface area contributed by atoms with Crippen molar-refractivity contribution in [2.75, 3.05) is 6.79 Å². The van der Waals surface area contributed by atoms with E-state index in [-0.39, 0.29) is 12.7 Å². The smallest absolute Gasteiger partial charge is 0.263 e. The van der Waals surface area contributed by atoms with Gasteiger partial charge in [0.05, 0.1) is 5.69 Å². The highest BCUT2D eigenvalue weighted by Gasteiger charge is 2.17. The SMILES string of the molecule is Cc1nc(-c2ccc(Cl)cc2)sc1C(=O)NCc1ccc2c(c1)OCO2. The zero-order chi connectivity index (χ0) is 18.1. The molecule has 2 heterocycles. The minimum absolute atomic E-state index is 0.141. The van der Waals surface area contributed by atoms with E-state index in [9.17, 15) is 4.79 Å². The fraction of sp³-hybridized carbons (Fsp3) is 0.158. The van der Waals surface area contributed by atoms with Crippen LogP contribution in [0.25, 0.3) is 10.6 Å². The van der Waals surface area contributed by atoms with Crippen molar-refractivity contribution >= 4 is 28.8 Å². The maximum Gasteiger partial charge on any atom is 0.263 e. The predicted molar refractivity (Wildman–Crippen MR) is 101 cm³/mol. The van der Waals surface area contributed by atoms with Crippen molar-refractivity contribution in [2.24, 2.45) is 0 Å². The second kappa shape index (κ2) is 6.97. The molecule has 132 valence electrons. The zero-order valence-electron chi connectivity index (χ0n) is 13.9. The Balaban J connectivity index is 1.47. The van der Waals surface area contributed by atoms with Gasteiger partial charge < -0.3 is 14.8 Å². The molecule has 4 rings (SSSR count). The molecule has 0 radical (unpaired) electrons. The molecule has 0 bridgehead atoms. The van der Waals surface area contributed by atoms with Crippen molar-refractivity contribution in [3.8, 4) is 22.1 Å². The van der Waals surface area contributed by atoms with Gasteiger partial charge in [0.15, 0.2) is 11.5 Å². The first kappa shape index (κ1) is 16.9. The minimum Gasteiger partial charge on any atom is -0.454 e. The monoisotopic (exact) mass is 386 g/mol. The molecule has 0 saturated heterocycles. The number of amides is 1. The molecular weight excluding hydrogens is 372 g/mol. The van der Waals surface area contributed by atoms with E-state index in [0.29, 0.717) is 27.9 Å². The van der Waals surface area contributed by atoms with Crippen molar-refractivity contribution in [1.82, 2.24) is 10.3 Å². The van der Waals surface area contributed by atoms with E-state index in [4.69, 9.17) is 21.1 Å². The molecule has 0 fully saturated rings. The Morgan fingerprint density at radius 2 is 1.96 bits per heavy atom. The van der Waals surface area contributed by atoms with Crippen LogP contribution in [0, 0.1) is 6.92 Å². The summed E-state index contributed by atoms with van der Waals surface area (Å²) in [5, 5.41) is 4.40. The van der Waals surface area contributed by atoms with Crippen LogP contribution in [0.1, 0.15) is 20.9 Å². The van der Waals surface area contributed by atoms with Gasteiger partial charge in [-0.25, -0.2) is 4.98 Å². The molecule has 0 saturated carbocycles. The van der Waals surface area contributed by atoms with Crippen LogP contribution in [-0.4, -0.2) is 17.7 Å². The number of aromatic nitrogens is 1. The van der Waals surface area contributed by atoms with Crippen LogP contribution in [0.3, 0.4) is 0 Å². The van der Waals surface area contributed by atoms with Crippen LogP contribution in [-0.2, 0) is 6.54 Å². The Hall–Kier alpha value is -2.57. The summed E-state index contributed by atoms with van der Waals surface area (Å²) in [5.74, 6) is 1.29. The molecule has 3 aromatic rings. The van der Waals surface area contributed by atoms with Crippen LogP contribution in [0.4, 0.5) is 0 Å². The molecule has 1 aliphatic heterocycles. The molecule has 26 heavy (non-hydrogen) atoms. The molecule has 0 spiro atoms. The number of ether oxygens (including phenoxy) is 2. The molecule has 0 atom stereocenters. The number of hydrogen-bond donors (Lipinski definition) is 1. The van der Waals surface area contributed by atoms with E-state index >= 15 is 0 Å². The maximum absolute atomic E-state index is 12.6. The maximum atomic E-state index is 12.6. The number of carbonyl (C=O) groups is 1. The summed E-state index contributed by atoms with van der Waals surface area (Å²) in [7, 11) is 0. The summed E-state index contributed by atoms with van der Waals surface area (Å²) in [5.41, 5.74) is 2.60. The van der Waals surface area contributed by atoms with Crippen LogP contribution in [0.5, 0.6) is 11.5 Å². The summed E-state index contributed by atoms with van der Waals surface area (Å²) in [6.45, 7) is 2.48. The second-order valence-electron chi connectivity index (χ2n) is 5.81. The number of thiazole rings is 1. The van der Waals surface area contributed by atoms with Crippen LogP contribution < -0.4 is 14.8 Å². The Bertz CT molecular complexity index is 969. The van der Waals surface area contributed by atoms with Gasteiger partial charge in [0.2, 0.25) is 6.79 Å². The van der Waals surface area contributed by atoms with Gasteiger partial charge in [0.25, 0.3) is 5.91 Å². The molecule has 1 amide bonds. The molecule has 2 aromatic carbocycles. The quantitative estimate of drug-likeness (QED) is 0.720. The summed E-state index contributed by atoms with van der Waals surface area (Å²) in [6.07, 6.45) is 0. The van der Waals surface area contributed by atoms with E-state index in [1.165, 1.54) is 11.3 Å². The fourth-order valence-corrected chi connectivity index (χ4v) is 3.75. The standard InChI is InChI=1S/C19H15ClN2O3S/c1-11-17(26-19(22-11)13-3-5-14(20)6-4-13)18(23)21-9-12-2-7-15-16(8-12)25-10-24-15/h2-8H,9-10H2,1H3,(H,21,23). The van der Waals surface area contributed by atoms with Gasteiger partial charge in [0, 0.05) is 17.1 Å². The number of hydrogen-bond acceptors (Lipinski definition) is 5. The molecule has 1 aliphatic rings. The number of nitrogens with zero attached hydrogens (tertiary/aromatic N) is 1. The molecule has 0 aliphatic carbocycles. The fourth-order valence-electron chi connectivity index (χ4n) is 2.64. The topological polar surface area (TPSA) is 60.5 Å². The Kier molecular flexibility index (Phi) is 4.53. The predicted octanol–water partition coefficient (Wildman–Crippen LogP) is 4.43. The molecule has 5 nitrogen and oxygen atoms in total. The van der Waals surface area contributed by atoms with Gasteiger partial charge in [0.1, 0.15) is 9.88 Å². The van der Waals surface area contributed by atoms with Gasteiger partial charge in [-0.2, -0.15) is 0 Å². The van der Waals surface area contributed by atoms with Crippen molar-refractivity contribution in [3.63, 3.8) is 0 Å². The van der Waals surface area contributed by atoms with Crippen molar-refractivity contribution < 1.29 is 14.3 Å². The zero-order valence-corrected chi connectivity index (χ0v) is 15.5. The summed E-state index contributed by atoms with van der Waals surface area (Å²) >= 11 is 7.29. The number of benzene rings is 2. The van der Waals surface area contributed by atoms with Crippen LogP contribution in [0.2, 0.25) is 5.02 Å². The van der Waals surface area contributed by atoms with Crippen molar-refractivity contribution in [1.29, 1.82) is 0 Å². The lowest BCUT2D eigenvalue weighted by Gasteiger charge is -2.05. The highest BCUT2D eigenvalue weighted by molar-refractivity contribution is 7.17. The molecule has 1 N–H and O–H groups in total. The van der Waals surface area contributed by atoms with E-state index in [1.807, 2.05) is 49.4 Å². The van der Waals surface area contributed by atoms with E-state index in [1.54, 1.807) is 0 Å². The molecular formula is C19H15ClN2O3S. The van der Waals surface area contributed by atoms with E-state index < -0.39 is 0 Å². The first-order valence-electron chi connectivity index (χ1n) is 8.00. The number of fused-ring (bicyclic) bond motifs is 1. The Labute approximate surface area is 159 Å². The van der Waals surface area contributed by atoms with Gasteiger partial charge in [-0.05, 0) is 36.8 Å². The lowest BCUT2D eigenvalue weighted by Crippen LogP contribution is -2.22. The van der Waals surface area contributed by atoms with Crippen LogP contribution in [0.15, 0.2) is 42.5 Å².